The van der Waals surface area contributed by atoms with Crippen molar-refractivity contribution in [2.45, 2.75) is 71.1 Å². The van der Waals surface area contributed by atoms with E-state index in [9.17, 15) is 9.59 Å². The minimum absolute atomic E-state index is 0.114. The lowest BCUT2D eigenvalue weighted by molar-refractivity contribution is -0.132. The highest BCUT2D eigenvalue weighted by molar-refractivity contribution is 5.95. The zero-order valence-electron chi connectivity index (χ0n) is 18.8. The van der Waals surface area contributed by atoms with Crippen LogP contribution in [-0.4, -0.2) is 56.5 Å². The van der Waals surface area contributed by atoms with Crippen LogP contribution in [-0.2, 0) is 22.4 Å². The molecule has 32 heavy (non-hydrogen) atoms. The number of nitrogens with zero attached hydrogens (tertiary/aromatic N) is 6. The van der Waals surface area contributed by atoms with Gasteiger partial charge in [-0.05, 0) is 51.9 Å². The Labute approximate surface area is 187 Å². The average molecular weight is 439 g/mol. The van der Waals surface area contributed by atoms with Gasteiger partial charge in [0.2, 0.25) is 17.7 Å². The van der Waals surface area contributed by atoms with E-state index in [1.807, 2.05) is 16.7 Å². The molecule has 9 heteroatoms. The molecule has 5 rings (SSSR count). The van der Waals surface area contributed by atoms with Crippen molar-refractivity contribution < 1.29 is 14.1 Å². The molecule has 0 aromatic carbocycles. The Kier molecular flexibility index (Phi) is 5.65. The second-order valence-corrected chi connectivity index (χ2v) is 9.31. The molecule has 0 radical (unpaired) electrons. The summed E-state index contributed by atoms with van der Waals surface area (Å²) < 4.78 is 5.10. The monoisotopic (exact) mass is 438 g/mol. The van der Waals surface area contributed by atoms with Gasteiger partial charge in [-0.2, -0.15) is 4.98 Å². The molecule has 4 heterocycles. The molecule has 0 atom stereocenters. The van der Waals surface area contributed by atoms with Crippen LogP contribution in [0.1, 0.15) is 73.2 Å². The van der Waals surface area contributed by atoms with Crippen molar-refractivity contribution in [2.24, 2.45) is 5.92 Å². The molecule has 1 saturated heterocycles. The first-order valence-corrected chi connectivity index (χ1v) is 11.7. The second-order valence-electron chi connectivity index (χ2n) is 9.31. The van der Waals surface area contributed by atoms with Crippen molar-refractivity contribution in [2.75, 3.05) is 24.5 Å². The van der Waals surface area contributed by atoms with Gasteiger partial charge in [0.05, 0.1) is 0 Å². The molecule has 1 saturated carbocycles. The predicted molar refractivity (Wildman–Crippen MR) is 116 cm³/mol. The minimum atomic E-state index is 0.114. The van der Waals surface area contributed by atoms with Gasteiger partial charge in [0, 0.05) is 56.1 Å². The van der Waals surface area contributed by atoms with Crippen LogP contribution in [0.25, 0.3) is 0 Å². The van der Waals surface area contributed by atoms with E-state index in [0.29, 0.717) is 50.0 Å². The molecule has 170 valence electrons. The van der Waals surface area contributed by atoms with Crippen LogP contribution in [0.5, 0.6) is 0 Å². The molecule has 0 N–H and O–H groups in total. The van der Waals surface area contributed by atoms with E-state index in [1.54, 1.807) is 6.92 Å². The van der Waals surface area contributed by atoms with E-state index in [4.69, 9.17) is 14.5 Å². The van der Waals surface area contributed by atoms with Crippen LogP contribution >= 0.6 is 0 Å². The number of fused-ring (bicyclic) bond motifs is 1. The first-order valence-electron chi connectivity index (χ1n) is 11.7. The van der Waals surface area contributed by atoms with Crippen LogP contribution in [0.3, 0.4) is 0 Å². The third-order valence-electron chi connectivity index (χ3n) is 6.83. The SMILES string of the molecule is Cc1noc(CCC(=O)N2CCC(c3nc(C)c4c(n3)N(CC3CC3)C(=O)CC4)CC2)n1. The molecule has 2 aliphatic heterocycles. The van der Waals surface area contributed by atoms with E-state index < -0.39 is 0 Å². The molecule has 3 aliphatic rings. The summed E-state index contributed by atoms with van der Waals surface area (Å²) >= 11 is 0. The van der Waals surface area contributed by atoms with Crippen molar-refractivity contribution >= 4 is 17.6 Å². The highest BCUT2D eigenvalue weighted by Crippen LogP contribution is 2.36. The molecule has 2 amide bonds. The Balaban J connectivity index is 1.23. The van der Waals surface area contributed by atoms with Crippen LogP contribution in [0, 0.1) is 19.8 Å². The number of hydrogen-bond donors (Lipinski definition) is 0. The first kappa shape index (κ1) is 21.0. The maximum absolute atomic E-state index is 12.6. The number of anilines is 1. The maximum atomic E-state index is 12.6. The molecule has 0 bridgehead atoms. The smallest absolute Gasteiger partial charge is 0.228 e. The summed E-state index contributed by atoms with van der Waals surface area (Å²) in [6.07, 6.45) is 6.20. The lowest BCUT2D eigenvalue weighted by Gasteiger charge is -2.33. The second kappa shape index (κ2) is 8.60. The van der Waals surface area contributed by atoms with E-state index in [0.717, 1.165) is 48.7 Å². The summed E-state index contributed by atoms with van der Waals surface area (Å²) in [6.45, 7) is 5.97. The number of aryl methyl sites for hydroxylation is 3. The third kappa shape index (κ3) is 4.38. The van der Waals surface area contributed by atoms with Gasteiger partial charge in [0.25, 0.3) is 0 Å². The number of carbonyl (C=O) groups excluding carboxylic acids is 2. The Hall–Kier alpha value is -2.84. The normalized spacial score (nSPS) is 19.4. The third-order valence-corrected chi connectivity index (χ3v) is 6.83. The predicted octanol–water partition coefficient (Wildman–Crippen LogP) is 2.50. The molecule has 1 aliphatic carbocycles. The highest BCUT2D eigenvalue weighted by atomic mass is 16.5. The molecule has 2 aromatic rings. The van der Waals surface area contributed by atoms with Crippen molar-refractivity contribution in [1.29, 1.82) is 0 Å². The van der Waals surface area contributed by atoms with Gasteiger partial charge >= 0.3 is 0 Å². The van der Waals surface area contributed by atoms with Gasteiger partial charge in [0.1, 0.15) is 11.6 Å². The summed E-state index contributed by atoms with van der Waals surface area (Å²) in [6, 6.07) is 0. The van der Waals surface area contributed by atoms with Gasteiger partial charge in [-0.25, -0.2) is 9.97 Å². The zero-order chi connectivity index (χ0) is 22.2. The van der Waals surface area contributed by atoms with E-state index in [1.165, 1.54) is 12.8 Å². The first-order chi connectivity index (χ1) is 15.5. The summed E-state index contributed by atoms with van der Waals surface area (Å²) in [4.78, 5) is 43.0. The largest absolute Gasteiger partial charge is 0.343 e. The van der Waals surface area contributed by atoms with Crippen LogP contribution in [0.2, 0.25) is 0 Å². The van der Waals surface area contributed by atoms with E-state index in [2.05, 4.69) is 10.1 Å². The van der Waals surface area contributed by atoms with Gasteiger partial charge in [-0.3, -0.25) is 14.5 Å². The lowest BCUT2D eigenvalue weighted by Crippen LogP contribution is -2.40. The summed E-state index contributed by atoms with van der Waals surface area (Å²) in [5.41, 5.74) is 2.12. The maximum Gasteiger partial charge on any atom is 0.228 e. The molecular weight excluding hydrogens is 408 g/mol. The molecular formula is C23H30N6O3. The quantitative estimate of drug-likeness (QED) is 0.682. The molecule has 2 aromatic heterocycles. The summed E-state index contributed by atoms with van der Waals surface area (Å²) in [5, 5.41) is 3.77. The average Bonchev–Trinajstić information content (AvgIpc) is 3.52. The molecule has 2 fully saturated rings. The minimum Gasteiger partial charge on any atom is -0.343 e. The summed E-state index contributed by atoms with van der Waals surface area (Å²) in [7, 11) is 0. The van der Waals surface area contributed by atoms with Crippen LogP contribution < -0.4 is 4.90 Å². The van der Waals surface area contributed by atoms with Gasteiger partial charge in [-0.15, -0.1) is 0 Å². The van der Waals surface area contributed by atoms with Crippen molar-refractivity contribution in [3.63, 3.8) is 0 Å². The van der Waals surface area contributed by atoms with Gasteiger partial charge in [-0.1, -0.05) is 5.16 Å². The van der Waals surface area contributed by atoms with Crippen molar-refractivity contribution in [3.8, 4) is 0 Å². The molecule has 0 unspecified atom stereocenters. The highest BCUT2D eigenvalue weighted by Gasteiger charge is 2.34. The number of piperidine rings is 1. The van der Waals surface area contributed by atoms with E-state index >= 15 is 0 Å². The fraction of sp³-hybridized carbons (Fsp3) is 0.652. The lowest BCUT2D eigenvalue weighted by atomic mass is 9.94. The summed E-state index contributed by atoms with van der Waals surface area (Å²) in [5.74, 6) is 3.89. The Morgan fingerprint density at radius 3 is 2.53 bits per heavy atom. The standard InChI is InChI=1S/C23H30N6O3/c1-14-18-5-7-21(31)29(13-16-3-4-16)23(18)26-22(24-14)17-9-11-28(12-10-17)20(30)8-6-19-25-15(2)27-32-19/h16-17H,3-13H2,1-2H3. The van der Waals surface area contributed by atoms with Crippen LogP contribution in [0.15, 0.2) is 4.52 Å². The fourth-order valence-electron chi connectivity index (χ4n) is 4.73. The number of carbonyl (C=O) groups is 2. The zero-order valence-corrected chi connectivity index (χ0v) is 18.8. The Morgan fingerprint density at radius 2 is 1.84 bits per heavy atom. The number of aromatic nitrogens is 4. The van der Waals surface area contributed by atoms with Gasteiger partial charge < -0.3 is 9.42 Å². The fourth-order valence-corrected chi connectivity index (χ4v) is 4.73. The Bertz CT molecular complexity index is 1020. The molecule has 0 spiro atoms. The molecule has 9 nitrogen and oxygen atoms in total. The van der Waals surface area contributed by atoms with Gasteiger partial charge in [0.15, 0.2) is 5.82 Å². The Morgan fingerprint density at radius 1 is 1.06 bits per heavy atom. The van der Waals surface area contributed by atoms with Crippen molar-refractivity contribution in [3.05, 3.63) is 28.8 Å². The topological polar surface area (TPSA) is 105 Å². The van der Waals surface area contributed by atoms with Crippen LogP contribution in [0.4, 0.5) is 5.82 Å². The van der Waals surface area contributed by atoms with E-state index in [-0.39, 0.29) is 17.7 Å². The number of likely N-dealkylation sites (tertiary alicyclic amines) is 1. The number of hydrogen-bond acceptors (Lipinski definition) is 7. The van der Waals surface area contributed by atoms with Crippen molar-refractivity contribution in [1.82, 2.24) is 25.0 Å². The number of amides is 2. The number of rotatable bonds is 6.